The molecule has 1 N–H and O–H groups in total. The summed E-state index contributed by atoms with van der Waals surface area (Å²) < 4.78 is 6.66. The van der Waals surface area contributed by atoms with Crippen LogP contribution in [0.2, 0.25) is 5.02 Å². The van der Waals surface area contributed by atoms with Crippen LogP contribution in [0.15, 0.2) is 40.9 Å². The number of hydrogen-bond donors (Lipinski definition) is 1. The van der Waals surface area contributed by atoms with Crippen LogP contribution in [0.4, 0.5) is 5.69 Å². The smallest absolute Gasteiger partial charge is 0.259 e. The summed E-state index contributed by atoms with van der Waals surface area (Å²) in [5.74, 6) is 0.375. The molecule has 2 rings (SSSR count). The van der Waals surface area contributed by atoms with Crippen molar-refractivity contribution < 1.29 is 9.53 Å². The number of amides is 1. The molecule has 0 saturated heterocycles. The van der Waals surface area contributed by atoms with Crippen LogP contribution in [0.3, 0.4) is 0 Å². The molecule has 5 heteroatoms. The van der Waals surface area contributed by atoms with E-state index in [2.05, 4.69) is 28.2 Å². The maximum atomic E-state index is 12.7. The van der Waals surface area contributed by atoms with Crippen molar-refractivity contribution in [3.8, 4) is 5.75 Å². The van der Waals surface area contributed by atoms with Crippen molar-refractivity contribution in [3.63, 3.8) is 0 Å². The minimum Gasteiger partial charge on any atom is -0.493 e. The third kappa shape index (κ3) is 6.05. The highest BCUT2D eigenvalue weighted by Crippen LogP contribution is 2.26. The topological polar surface area (TPSA) is 38.3 Å². The van der Waals surface area contributed by atoms with Crippen molar-refractivity contribution in [3.05, 3.63) is 57.0 Å². The van der Waals surface area contributed by atoms with Crippen LogP contribution in [0, 0.1) is 6.92 Å². The van der Waals surface area contributed by atoms with Crippen LogP contribution in [0.25, 0.3) is 0 Å². The zero-order valence-electron chi connectivity index (χ0n) is 14.6. The maximum absolute atomic E-state index is 12.7. The first-order chi connectivity index (χ1) is 12.0. The number of carbonyl (C=O) groups excluding carboxylic acids is 1. The van der Waals surface area contributed by atoms with Crippen LogP contribution in [-0.4, -0.2) is 12.5 Å². The van der Waals surface area contributed by atoms with Gasteiger partial charge in [0, 0.05) is 15.2 Å². The molecule has 0 aromatic heterocycles. The molecule has 0 heterocycles. The predicted molar refractivity (Wildman–Crippen MR) is 108 cm³/mol. The molecule has 0 unspecified atom stereocenters. The first-order valence-corrected chi connectivity index (χ1v) is 9.68. The molecular formula is C20H23BrClNO2. The lowest BCUT2D eigenvalue weighted by molar-refractivity contribution is 0.102. The van der Waals surface area contributed by atoms with Gasteiger partial charge in [-0.15, -0.1) is 0 Å². The van der Waals surface area contributed by atoms with Gasteiger partial charge >= 0.3 is 0 Å². The van der Waals surface area contributed by atoms with Crippen molar-refractivity contribution in [1.29, 1.82) is 0 Å². The SMILES string of the molecule is CCCCCCOc1ccc(Br)cc1C(=O)Nc1ccc(C)c(Cl)c1. The first kappa shape index (κ1) is 19.8. The highest BCUT2D eigenvalue weighted by atomic mass is 79.9. The molecule has 25 heavy (non-hydrogen) atoms. The lowest BCUT2D eigenvalue weighted by atomic mass is 10.1. The third-order valence-electron chi connectivity index (χ3n) is 3.87. The molecule has 0 saturated carbocycles. The number of carbonyl (C=O) groups is 1. The monoisotopic (exact) mass is 423 g/mol. The second-order valence-corrected chi connectivity index (χ2v) is 7.29. The molecule has 2 aromatic rings. The average molecular weight is 425 g/mol. The number of halogens is 2. The van der Waals surface area contributed by atoms with E-state index in [1.165, 1.54) is 12.8 Å². The van der Waals surface area contributed by atoms with Gasteiger partial charge in [0.15, 0.2) is 0 Å². The molecule has 0 atom stereocenters. The molecular weight excluding hydrogens is 402 g/mol. The standard InChI is InChI=1S/C20H23BrClNO2/c1-3-4-5-6-11-25-19-10-8-15(21)12-17(19)20(24)23-16-9-7-14(2)18(22)13-16/h7-10,12-13H,3-6,11H2,1-2H3,(H,23,24). The van der Waals surface area contributed by atoms with Gasteiger partial charge in [-0.05, 0) is 49.2 Å². The van der Waals surface area contributed by atoms with E-state index in [1.807, 2.05) is 31.2 Å². The number of nitrogens with one attached hydrogen (secondary N) is 1. The fourth-order valence-electron chi connectivity index (χ4n) is 2.39. The number of unbranched alkanes of at least 4 members (excludes halogenated alkanes) is 3. The molecule has 0 bridgehead atoms. The van der Waals surface area contributed by atoms with Gasteiger partial charge in [-0.1, -0.05) is 59.8 Å². The van der Waals surface area contributed by atoms with E-state index in [0.29, 0.717) is 28.6 Å². The van der Waals surface area contributed by atoms with E-state index in [4.69, 9.17) is 16.3 Å². The summed E-state index contributed by atoms with van der Waals surface area (Å²) in [6.45, 7) is 4.71. The predicted octanol–water partition coefficient (Wildman–Crippen LogP) is 6.62. The Bertz CT molecular complexity index is 734. The van der Waals surface area contributed by atoms with Gasteiger partial charge in [-0.25, -0.2) is 0 Å². The minimum absolute atomic E-state index is 0.218. The Balaban J connectivity index is 2.09. The molecule has 0 aliphatic rings. The Morgan fingerprint density at radius 1 is 1.16 bits per heavy atom. The van der Waals surface area contributed by atoms with Gasteiger partial charge < -0.3 is 10.1 Å². The van der Waals surface area contributed by atoms with Gasteiger partial charge in [-0.3, -0.25) is 4.79 Å². The van der Waals surface area contributed by atoms with Crippen molar-refractivity contribution in [2.45, 2.75) is 39.5 Å². The van der Waals surface area contributed by atoms with Gasteiger partial charge in [-0.2, -0.15) is 0 Å². The highest BCUT2D eigenvalue weighted by Gasteiger charge is 2.14. The summed E-state index contributed by atoms with van der Waals surface area (Å²) in [4.78, 5) is 12.7. The minimum atomic E-state index is -0.218. The van der Waals surface area contributed by atoms with Crippen LogP contribution in [0.1, 0.15) is 48.5 Å². The summed E-state index contributed by atoms with van der Waals surface area (Å²) in [5, 5.41) is 3.50. The van der Waals surface area contributed by atoms with Crippen molar-refractivity contribution in [1.82, 2.24) is 0 Å². The number of hydrogen-bond acceptors (Lipinski definition) is 2. The van der Waals surface area contributed by atoms with Gasteiger partial charge in [0.05, 0.1) is 12.2 Å². The first-order valence-electron chi connectivity index (χ1n) is 8.51. The number of ether oxygens (including phenoxy) is 1. The number of anilines is 1. The Morgan fingerprint density at radius 3 is 2.68 bits per heavy atom. The fraction of sp³-hybridized carbons (Fsp3) is 0.350. The zero-order valence-corrected chi connectivity index (χ0v) is 16.9. The summed E-state index contributed by atoms with van der Waals surface area (Å²) in [6.07, 6.45) is 4.51. The van der Waals surface area contributed by atoms with E-state index >= 15 is 0 Å². The van der Waals surface area contributed by atoms with Crippen molar-refractivity contribution >= 4 is 39.1 Å². The molecule has 0 spiro atoms. The summed E-state index contributed by atoms with van der Waals surface area (Å²) in [5.41, 5.74) is 2.13. The van der Waals surface area contributed by atoms with Gasteiger partial charge in [0.1, 0.15) is 5.75 Å². The molecule has 0 aliphatic carbocycles. The van der Waals surface area contributed by atoms with Gasteiger partial charge in [0.2, 0.25) is 0 Å². The highest BCUT2D eigenvalue weighted by molar-refractivity contribution is 9.10. The van der Waals surface area contributed by atoms with E-state index in [0.717, 1.165) is 22.9 Å². The molecule has 2 aromatic carbocycles. The number of benzene rings is 2. The van der Waals surface area contributed by atoms with Crippen LogP contribution < -0.4 is 10.1 Å². The molecule has 3 nitrogen and oxygen atoms in total. The molecule has 0 fully saturated rings. The molecule has 1 amide bonds. The Morgan fingerprint density at radius 2 is 1.96 bits per heavy atom. The second-order valence-electron chi connectivity index (χ2n) is 5.97. The fourth-order valence-corrected chi connectivity index (χ4v) is 2.93. The third-order valence-corrected chi connectivity index (χ3v) is 4.77. The van der Waals surface area contributed by atoms with E-state index in [-0.39, 0.29) is 5.91 Å². The van der Waals surface area contributed by atoms with E-state index in [1.54, 1.807) is 12.1 Å². The van der Waals surface area contributed by atoms with Crippen molar-refractivity contribution in [2.75, 3.05) is 11.9 Å². The average Bonchev–Trinajstić information content (AvgIpc) is 2.59. The summed E-state index contributed by atoms with van der Waals surface area (Å²) in [6, 6.07) is 10.9. The Labute approximate surface area is 162 Å². The summed E-state index contributed by atoms with van der Waals surface area (Å²) in [7, 11) is 0. The maximum Gasteiger partial charge on any atom is 0.259 e. The quantitative estimate of drug-likeness (QED) is 0.483. The Kier molecular flexibility index (Phi) is 7.79. The molecule has 0 radical (unpaired) electrons. The number of rotatable bonds is 8. The summed E-state index contributed by atoms with van der Waals surface area (Å²) >= 11 is 9.54. The van der Waals surface area contributed by atoms with Crippen LogP contribution in [-0.2, 0) is 0 Å². The van der Waals surface area contributed by atoms with Crippen LogP contribution >= 0.6 is 27.5 Å². The largest absolute Gasteiger partial charge is 0.493 e. The van der Waals surface area contributed by atoms with Gasteiger partial charge in [0.25, 0.3) is 5.91 Å². The molecule has 0 aliphatic heterocycles. The van der Waals surface area contributed by atoms with Crippen molar-refractivity contribution in [2.24, 2.45) is 0 Å². The normalized spacial score (nSPS) is 10.6. The zero-order chi connectivity index (χ0) is 18.2. The molecule has 134 valence electrons. The van der Waals surface area contributed by atoms with E-state index < -0.39 is 0 Å². The van der Waals surface area contributed by atoms with Crippen LogP contribution in [0.5, 0.6) is 5.75 Å². The second kappa shape index (κ2) is 9.83. The lowest BCUT2D eigenvalue weighted by Gasteiger charge is -2.13. The Hall–Kier alpha value is -1.52. The number of aryl methyl sites for hydroxylation is 1. The van der Waals surface area contributed by atoms with E-state index in [9.17, 15) is 4.79 Å². The lowest BCUT2D eigenvalue weighted by Crippen LogP contribution is -2.14.